The number of nitrogens with one attached hydrogen (secondary N) is 1. The minimum absolute atomic E-state index is 0.0829. The Hall–Kier alpha value is -2.36. The summed E-state index contributed by atoms with van der Waals surface area (Å²) < 4.78 is 0. The number of aryl methyl sites for hydroxylation is 1. The van der Waals surface area contributed by atoms with Gasteiger partial charge in [0.05, 0.1) is 0 Å². The second-order valence-corrected chi connectivity index (χ2v) is 5.62. The van der Waals surface area contributed by atoms with Crippen LogP contribution in [0.1, 0.15) is 36.8 Å². The quantitative estimate of drug-likeness (QED) is 0.911. The minimum Gasteiger partial charge on any atom is -0.383 e. The third-order valence-electron chi connectivity index (χ3n) is 3.31. The fourth-order valence-corrected chi connectivity index (χ4v) is 2.35. The topological polar surface area (TPSA) is 45.2 Å². The van der Waals surface area contributed by atoms with Crippen molar-refractivity contribution in [2.45, 2.75) is 33.7 Å². The SMILES string of the molecule is CCN(C(=O)c1cc(NC(C)C)ccn1)c1cccc(C)c1. The number of rotatable bonds is 5. The van der Waals surface area contributed by atoms with E-state index in [9.17, 15) is 4.79 Å². The van der Waals surface area contributed by atoms with Gasteiger partial charge >= 0.3 is 0 Å². The Bertz CT molecular complexity index is 652. The Morgan fingerprint density at radius 3 is 2.68 bits per heavy atom. The predicted molar refractivity (Wildman–Crippen MR) is 91.5 cm³/mol. The zero-order valence-corrected chi connectivity index (χ0v) is 13.6. The molecule has 0 unspecified atom stereocenters. The van der Waals surface area contributed by atoms with Gasteiger partial charge in [-0.3, -0.25) is 9.78 Å². The van der Waals surface area contributed by atoms with Crippen LogP contribution >= 0.6 is 0 Å². The van der Waals surface area contributed by atoms with E-state index in [2.05, 4.69) is 24.1 Å². The molecule has 4 nitrogen and oxygen atoms in total. The smallest absolute Gasteiger partial charge is 0.276 e. The van der Waals surface area contributed by atoms with Crippen LogP contribution in [0.15, 0.2) is 42.6 Å². The molecular formula is C18H23N3O. The van der Waals surface area contributed by atoms with Crippen molar-refractivity contribution in [3.8, 4) is 0 Å². The highest BCUT2D eigenvalue weighted by Gasteiger charge is 2.17. The first-order valence-electron chi connectivity index (χ1n) is 7.62. The number of aromatic nitrogens is 1. The van der Waals surface area contributed by atoms with Crippen molar-refractivity contribution in [2.24, 2.45) is 0 Å². The van der Waals surface area contributed by atoms with Crippen molar-refractivity contribution < 1.29 is 4.79 Å². The fourth-order valence-electron chi connectivity index (χ4n) is 2.35. The lowest BCUT2D eigenvalue weighted by molar-refractivity contribution is 0.0983. The Labute approximate surface area is 132 Å². The average molecular weight is 297 g/mol. The number of amides is 1. The van der Waals surface area contributed by atoms with Crippen LogP contribution < -0.4 is 10.2 Å². The van der Waals surface area contributed by atoms with Crippen LogP contribution in [-0.2, 0) is 0 Å². The van der Waals surface area contributed by atoms with E-state index >= 15 is 0 Å². The van der Waals surface area contributed by atoms with Gasteiger partial charge in [0.2, 0.25) is 0 Å². The molecule has 0 atom stereocenters. The van der Waals surface area contributed by atoms with E-state index in [4.69, 9.17) is 0 Å². The summed E-state index contributed by atoms with van der Waals surface area (Å²) in [5.74, 6) is -0.0829. The minimum atomic E-state index is -0.0829. The highest BCUT2D eigenvalue weighted by Crippen LogP contribution is 2.19. The second-order valence-electron chi connectivity index (χ2n) is 5.62. The molecule has 2 aromatic rings. The molecule has 1 heterocycles. The number of carbonyl (C=O) groups is 1. The molecule has 0 fully saturated rings. The van der Waals surface area contributed by atoms with Gasteiger partial charge in [0.1, 0.15) is 5.69 Å². The number of hydrogen-bond donors (Lipinski definition) is 1. The van der Waals surface area contributed by atoms with Crippen LogP contribution in [0.25, 0.3) is 0 Å². The van der Waals surface area contributed by atoms with Crippen molar-refractivity contribution in [3.63, 3.8) is 0 Å². The molecule has 0 saturated heterocycles. The van der Waals surface area contributed by atoms with Gasteiger partial charge in [-0.25, -0.2) is 0 Å². The van der Waals surface area contributed by atoms with E-state index in [1.165, 1.54) is 0 Å². The first kappa shape index (κ1) is 16.0. The molecule has 0 radical (unpaired) electrons. The first-order chi connectivity index (χ1) is 10.5. The molecule has 0 aliphatic heterocycles. The zero-order chi connectivity index (χ0) is 16.1. The normalized spacial score (nSPS) is 10.6. The maximum absolute atomic E-state index is 12.8. The Morgan fingerprint density at radius 2 is 2.05 bits per heavy atom. The van der Waals surface area contributed by atoms with Crippen LogP contribution in [0, 0.1) is 6.92 Å². The number of hydrogen-bond acceptors (Lipinski definition) is 3. The lowest BCUT2D eigenvalue weighted by atomic mass is 10.2. The molecule has 2 rings (SSSR count). The largest absolute Gasteiger partial charge is 0.383 e. The van der Waals surface area contributed by atoms with Crippen LogP contribution in [0.2, 0.25) is 0 Å². The zero-order valence-electron chi connectivity index (χ0n) is 13.6. The third kappa shape index (κ3) is 3.85. The summed E-state index contributed by atoms with van der Waals surface area (Å²) in [6.07, 6.45) is 1.67. The highest BCUT2D eigenvalue weighted by molar-refractivity contribution is 6.05. The molecule has 0 aliphatic carbocycles. The monoisotopic (exact) mass is 297 g/mol. The van der Waals surface area contributed by atoms with E-state index in [1.54, 1.807) is 17.2 Å². The van der Waals surface area contributed by atoms with Crippen molar-refractivity contribution >= 4 is 17.3 Å². The van der Waals surface area contributed by atoms with Crippen LogP contribution in [0.3, 0.4) is 0 Å². The van der Waals surface area contributed by atoms with E-state index < -0.39 is 0 Å². The Balaban J connectivity index is 2.29. The number of carbonyl (C=O) groups excluding carboxylic acids is 1. The molecule has 22 heavy (non-hydrogen) atoms. The molecule has 4 heteroatoms. The van der Waals surface area contributed by atoms with Crippen molar-refractivity contribution in [2.75, 3.05) is 16.8 Å². The van der Waals surface area contributed by atoms with Gasteiger partial charge in [0.25, 0.3) is 5.91 Å². The van der Waals surface area contributed by atoms with Crippen molar-refractivity contribution in [1.82, 2.24) is 4.98 Å². The average Bonchev–Trinajstić information content (AvgIpc) is 2.47. The molecule has 0 bridgehead atoms. The van der Waals surface area contributed by atoms with Gasteiger partial charge in [-0.15, -0.1) is 0 Å². The summed E-state index contributed by atoms with van der Waals surface area (Å²) >= 11 is 0. The van der Waals surface area contributed by atoms with E-state index in [0.29, 0.717) is 18.3 Å². The molecule has 0 aliphatic rings. The number of pyridine rings is 1. The standard InChI is InChI=1S/C18H23N3O/c1-5-21(16-8-6-7-14(4)11-16)18(22)17-12-15(9-10-19-17)20-13(2)3/h6-13H,5H2,1-4H3,(H,19,20). The van der Waals surface area contributed by atoms with Gasteiger partial charge in [0.15, 0.2) is 0 Å². The van der Waals surface area contributed by atoms with Crippen LogP contribution in [-0.4, -0.2) is 23.5 Å². The molecule has 1 N–H and O–H groups in total. The summed E-state index contributed by atoms with van der Waals surface area (Å²) in [4.78, 5) is 18.7. The molecule has 116 valence electrons. The van der Waals surface area contributed by atoms with E-state index in [-0.39, 0.29) is 5.91 Å². The van der Waals surface area contributed by atoms with E-state index in [1.807, 2.05) is 44.2 Å². The van der Waals surface area contributed by atoms with Gasteiger partial charge in [-0.2, -0.15) is 0 Å². The maximum atomic E-state index is 12.8. The number of anilines is 2. The van der Waals surface area contributed by atoms with Crippen LogP contribution in [0.4, 0.5) is 11.4 Å². The van der Waals surface area contributed by atoms with Gasteiger partial charge in [-0.1, -0.05) is 12.1 Å². The number of nitrogens with zero attached hydrogens (tertiary/aromatic N) is 2. The first-order valence-corrected chi connectivity index (χ1v) is 7.62. The fraction of sp³-hybridized carbons (Fsp3) is 0.333. The summed E-state index contributed by atoms with van der Waals surface area (Å²) in [5.41, 5.74) is 3.39. The molecule has 0 saturated carbocycles. The predicted octanol–water partition coefficient (Wildman–Crippen LogP) is 3.88. The third-order valence-corrected chi connectivity index (χ3v) is 3.31. The number of benzene rings is 1. The Kier molecular flexibility index (Phi) is 5.15. The summed E-state index contributed by atoms with van der Waals surface area (Å²) in [5, 5.41) is 3.30. The van der Waals surface area contributed by atoms with Crippen LogP contribution in [0.5, 0.6) is 0 Å². The van der Waals surface area contributed by atoms with Crippen molar-refractivity contribution in [1.29, 1.82) is 0 Å². The van der Waals surface area contributed by atoms with Gasteiger partial charge in [0, 0.05) is 30.2 Å². The lowest BCUT2D eigenvalue weighted by Crippen LogP contribution is -2.31. The second kappa shape index (κ2) is 7.07. The lowest BCUT2D eigenvalue weighted by Gasteiger charge is -2.21. The molecule has 1 aromatic carbocycles. The molecule has 1 amide bonds. The van der Waals surface area contributed by atoms with Gasteiger partial charge < -0.3 is 10.2 Å². The van der Waals surface area contributed by atoms with Crippen molar-refractivity contribution in [3.05, 3.63) is 53.9 Å². The maximum Gasteiger partial charge on any atom is 0.276 e. The Morgan fingerprint density at radius 1 is 1.27 bits per heavy atom. The summed E-state index contributed by atoms with van der Waals surface area (Å²) in [6.45, 7) is 8.72. The summed E-state index contributed by atoms with van der Waals surface area (Å²) in [7, 11) is 0. The molecular weight excluding hydrogens is 274 g/mol. The van der Waals surface area contributed by atoms with E-state index in [0.717, 1.165) is 16.9 Å². The molecule has 1 aromatic heterocycles. The summed E-state index contributed by atoms with van der Waals surface area (Å²) in [6, 6.07) is 11.9. The van der Waals surface area contributed by atoms with Gasteiger partial charge in [-0.05, 0) is 57.5 Å². The highest BCUT2D eigenvalue weighted by atomic mass is 16.2. The molecule has 0 spiro atoms.